The first-order valence-corrected chi connectivity index (χ1v) is 8.71. The molecule has 1 aromatic heterocycles. The maximum atomic E-state index is 12.1. The molecule has 22 heavy (non-hydrogen) atoms. The third-order valence-electron chi connectivity index (χ3n) is 2.74. The number of hydrazone groups is 1. The molecule has 0 saturated carbocycles. The molecule has 0 spiro atoms. The first-order chi connectivity index (χ1) is 10.4. The van der Waals surface area contributed by atoms with Gasteiger partial charge in [0.05, 0.1) is 16.0 Å². The SMILES string of the molecule is CC(=O)Nc1ccc(S(=O)(=O)N/N=C\c2sccc2C)cc1. The van der Waals surface area contributed by atoms with Gasteiger partial charge in [-0.1, -0.05) is 0 Å². The van der Waals surface area contributed by atoms with Crippen molar-refractivity contribution in [1.29, 1.82) is 0 Å². The van der Waals surface area contributed by atoms with Crippen LogP contribution >= 0.6 is 11.3 Å². The number of sulfonamides is 1. The van der Waals surface area contributed by atoms with Gasteiger partial charge in [0.15, 0.2) is 0 Å². The van der Waals surface area contributed by atoms with E-state index in [1.165, 1.54) is 48.7 Å². The van der Waals surface area contributed by atoms with E-state index >= 15 is 0 Å². The lowest BCUT2D eigenvalue weighted by atomic mass is 10.3. The van der Waals surface area contributed by atoms with Crippen LogP contribution in [-0.4, -0.2) is 20.5 Å². The first kappa shape index (κ1) is 16.2. The average Bonchev–Trinajstić information content (AvgIpc) is 2.84. The van der Waals surface area contributed by atoms with Gasteiger partial charge in [-0.2, -0.15) is 13.5 Å². The number of carbonyl (C=O) groups excluding carboxylic acids is 1. The van der Waals surface area contributed by atoms with E-state index in [1.54, 1.807) is 0 Å². The predicted molar refractivity (Wildman–Crippen MR) is 87.7 cm³/mol. The Morgan fingerprint density at radius 1 is 1.23 bits per heavy atom. The molecular weight excluding hydrogens is 322 g/mol. The Morgan fingerprint density at radius 2 is 1.91 bits per heavy atom. The Morgan fingerprint density at radius 3 is 2.45 bits per heavy atom. The molecule has 1 aromatic carbocycles. The summed E-state index contributed by atoms with van der Waals surface area (Å²) in [7, 11) is -3.73. The fraction of sp³-hybridized carbons (Fsp3) is 0.143. The summed E-state index contributed by atoms with van der Waals surface area (Å²) in [4.78, 5) is 14.0. The Labute approximate surface area is 132 Å². The second kappa shape index (κ2) is 6.71. The molecule has 0 aliphatic rings. The summed E-state index contributed by atoms with van der Waals surface area (Å²) in [5, 5.41) is 8.25. The normalized spacial score (nSPS) is 11.5. The topological polar surface area (TPSA) is 87.6 Å². The highest BCUT2D eigenvalue weighted by Crippen LogP contribution is 2.15. The van der Waals surface area contributed by atoms with E-state index in [0.29, 0.717) is 5.69 Å². The van der Waals surface area contributed by atoms with Gasteiger partial charge >= 0.3 is 0 Å². The molecule has 0 fully saturated rings. The van der Waals surface area contributed by atoms with E-state index in [4.69, 9.17) is 0 Å². The number of nitrogens with one attached hydrogen (secondary N) is 2. The van der Waals surface area contributed by atoms with Crippen molar-refractivity contribution in [1.82, 2.24) is 4.83 Å². The van der Waals surface area contributed by atoms with Gasteiger partial charge in [0.25, 0.3) is 10.0 Å². The lowest BCUT2D eigenvalue weighted by Gasteiger charge is -2.05. The van der Waals surface area contributed by atoms with Gasteiger partial charge in [-0.15, -0.1) is 11.3 Å². The van der Waals surface area contributed by atoms with Gasteiger partial charge in [-0.05, 0) is 48.2 Å². The number of nitrogens with zero attached hydrogens (tertiary/aromatic N) is 1. The molecular formula is C14H15N3O3S2. The smallest absolute Gasteiger partial charge is 0.276 e. The van der Waals surface area contributed by atoms with Crippen LogP contribution in [0.3, 0.4) is 0 Å². The van der Waals surface area contributed by atoms with Gasteiger partial charge in [0.1, 0.15) is 0 Å². The van der Waals surface area contributed by atoms with Crippen molar-refractivity contribution in [3.05, 3.63) is 46.2 Å². The van der Waals surface area contributed by atoms with Crippen LogP contribution in [0.15, 0.2) is 45.7 Å². The highest BCUT2D eigenvalue weighted by molar-refractivity contribution is 7.89. The van der Waals surface area contributed by atoms with Crippen LogP contribution in [0.4, 0.5) is 5.69 Å². The summed E-state index contributed by atoms with van der Waals surface area (Å²) in [5.74, 6) is -0.218. The van der Waals surface area contributed by atoms with Crippen LogP contribution in [0, 0.1) is 6.92 Å². The summed E-state index contributed by atoms with van der Waals surface area (Å²) in [5.41, 5.74) is 1.57. The lowest BCUT2D eigenvalue weighted by molar-refractivity contribution is -0.114. The van der Waals surface area contributed by atoms with Crippen molar-refractivity contribution in [3.8, 4) is 0 Å². The number of rotatable bonds is 5. The Hall–Kier alpha value is -2.19. The number of hydrogen-bond donors (Lipinski definition) is 2. The minimum Gasteiger partial charge on any atom is -0.326 e. The van der Waals surface area contributed by atoms with Crippen LogP contribution in [0.25, 0.3) is 0 Å². The molecule has 2 aromatic rings. The zero-order valence-electron chi connectivity index (χ0n) is 12.0. The monoisotopic (exact) mass is 337 g/mol. The van der Waals surface area contributed by atoms with Crippen molar-refractivity contribution in [2.45, 2.75) is 18.7 Å². The van der Waals surface area contributed by atoms with Crippen molar-refractivity contribution < 1.29 is 13.2 Å². The van der Waals surface area contributed by atoms with E-state index in [1.807, 2.05) is 18.4 Å². The number of carbonyl (C=O) groups is 1. The van der Waals surface area contributed by atoms with E-state index < -0.39 is 10.0 Å². The second-order valence-corrected chi connectivity index (χ2v) is 7.13. The molecule has 1 amide bonds. The summed E-state index contributed by atoms with van der Waals surface area (Å²) in [6.45, 7) is 3.31. The minimum atomic E-state index is -3.73. The molecule has 8 heteroatoms. The molecule has 0 aliphatic heterocycles. The molecule has 0 saturated heterocycles. The highest BCUT2D eigenvalue weighted by atomic mass is 32.2. The Balaban J connectivity index is 2.08. The van der Waals surface area contributed by atoms with E-state index in [0.717, 1.165) is 10.4 Å². The minimum absolute atomic E-state index is 0.0710. The van der Waals surface area contributed by atoms with Gasteiger partial charge < -0.3 is 5.32 Å². The van der Waals surface area contributed by atoms with E-state index in [-0.39, 0.29) is 10.8 Å². The summed E-state index contributed by atoms with van der Waals surface area (Å²) in [6.07, 6.45) is 1.48. The Kier molecular flexibility index (Phi) is 4.94. The molecule has 0 radical (unpaired) electrons. The summed E-state index contributed by atoms with van der Waals surface area (Å²) < 4.78 is 24.1. The van der Waals surface area contributed by atoms with Crippen LogP contribution < -0.4 is 10.1 Å². The molecule has 2 N–H and O–H groups in total. The third kappa shape index (κ3) is 4.15. The molecule has 0 atom stereocenters. The molecule has 0 bridgehead atoms. The van der Waals surface area contributed by atoms with E-state index in [9.17, 15) is 13.2 Å². The number of benzene rings is 1. The van der Waals surface area contributed by atoms with Gasteiger partial charge in [-0.3, -0.25) is 4.79 Å². The largest absolute Gasteiger partial charge is 0.326 e. The fourth-order valence-electron chi connectivity index (χ4n) is 1.64. The zero-order valence-corrected chi connectivity index (χ0v) is 13.7. The first-order valence-electron chi connectivity index (χ1n) is 6.35. The van der Waals surface area contributed by atoms with Crippen LogP contribution in [0.2, 0.25) is 0 Å². The predicted octanol–water partition coefficient (Wildman–Crippen LogP) is 2.33. The zero-order chi connectivity index (χ0) is 16.2. The summed E-state index contributed by atoms with van der Waals surface area (Å²) >= 11 is 1.48. The molecule has 116 valence electrons. The van der Waals surface area contributed by atoms with Crippen molar-refractivity contribution in [2.75, 3.05) is 5.32 Å². The van der Waals surface area contributed by atoms with Crippen molar-refractivity contribution in [3.63, 3.8) is 0 Å². The van der Waals surface area contributed by atoms with Crippen molar-refractivity contribution in [2.24, 2.45) is 5.10 Å². The number of amides is 1. The molecule has 2 rings (SSSR count). The molecule has 1 heterocycles. The number of hydrogen-bond acceptors (Lipinski definition) is 5. The average molecular weight is 337 g/mol. The molecule has 0 aliphatic carbocycles. The van der Waals surface area contributed by atoms with Crippen molar-refractivity contribution >= 4 is 39.2 Å². The van der Waals surface area contributed by atoms with Crippen LogP contribution in [0.1, 0.15) is 17.4 Å². The fourth-order valence-corrected chi connectivity index (χ4v) is 3.22. The van der Waals surface area contributed by atoms with Crippen LogP contribution in [0.5, 0.6) is 0 Å². The maximum Gasteiger partial charge on any atom is 0.276 e. The Bertz CT molecular complexity index is 793. The maximum absolute atomic E-state index is 12.1. The third-order valence-corrected chi connectivity index (χ3v) is 4.93. The van der Waals surface area contributed by atoms with Crippen LogP contribution in [-0.2, 0) is 14.8 Å². The lowest BCUT2D eigenvalue weighted by Crippen LogP contribution is -2.18. The quantitative estimate of drug-likeness (QED) is 0.648. The standard InChI is InChI=1S/C14H15N3O3S2/c1-10-7-8-21-14(10)9-15-17-22(19,20)13-5-3-12(4-6-13)16-11(2)18/h3-9,17H,1-2H3,(H,16,18)/b15-9-. The summed E-state index contributed by atoms with van der Waals surface area (Å²) in [6, 6.07) is 7.77. The van der Waals surface area contributed by atoms with Gasteiger partial charge in [0.2, 0.25) is 5.91 Å². The number of thiophene rings is 1. The van der Waals surface area contributed by atoms with Gasteiger partial charge in [0, 0.05) is 12.6 Å². The molecule has 6 nitrogen and oxygen atoms in total. The second-order valence-electron chi connectivity index (χ2n) is 4.53. The van der Waals surface area contributed by atoms with E-state index in [2.05, 4.69) is 15.2 Å². The highest BCUT2D eigenvalue weighted by Gasteiger charge is 2.12. The number of aryl methyl sites for hydroxylation is 1. The number of anilines is 1. The molecule has 0 unspecified atom stereocenters. The van der Waals surface area contributed by atoms with Gasteiger partial charge in [-0.25, -0.2) is 4.83 Å².